The van der Waals surface area contributed by atoms with Crippen LogP contribution in [0, 0.1) is 0 Å². The smallest absolute Gasteiger partial charge is 0.481 e. The maximum Gasteiger partial charge on any atom is 0.495 e. The Balaban J connectivity index is 0.000000770. The molecule has 0 spiro atoms. The number of rotatable bonds is 4. The number of nitrogens with zero attached hydrogens (tertiary/aromatic N) is 1. The predicted molar refractivity (Wildman–Crippen MR) is 69.5 cm³/mol. The first kappa shape index (κ1) is 16.4. The van der Waals surface area contributed by atoms with E-state index in [2.05, 4.69) is 0 Å². The molecule has 0 bridgehead atoms. The van der Waals surface area contributed by atoms with Gasteiger partial charge in [0.05, 0.1) is 18.4 Å². The highest BCUT2D eigenvalue weighted by Crippen LogP contribution is 2.03. The fourth-order valence-electron chi connectivity index (χ4n) is 1.09. The van der Waals surface area contributed by atoms with Crippen molar-refractivity contribution >= 4 is 39.3 Å². The van der Waals surface area contributed by atoms with Gasteiger partial charge in [-0.1, -0.05) is 0 Å². The maximum atomic E-state index is 11.5. The van der Waals surface area contributed by atoms with Gasteiger partial charge in [-0.2, -0.15) is 0 Å². The van der Waals surface area contributed by atoms with E-state index in [1.54, 1.807) is 36.9 Å². The fraction of sp³-hybridized carbons (Fsp3) is 0.300. The lowest BCUT2D eigenvalue weighted by atomic mass is 10.3. The second-order valence-corrected chi connectivity index (χ2v) is 5.01. The van der Waals surface area contributed by atoms with Crippen LogP contribution in [0.25, 0.3) is 0 Å². The lowest BCUT2D eigenvalue weighted by Crippen LogP contribution is -2.04. The number of carbonyl (C=O) groups excluding carboxylic acids is 1. The van der Waals surface area contributed by atoms with Crippen LogP contribution in [0.2, 0.25) is 0 Å². The number of ether oxygens (including phenoxy) is 1. The normalized spacial score (nSPS) is 10.2. The van der Waals surface area contributed by atoms with Crippen molar-refractivity contribution < 1.29 is 14.6 Å². The van der Waals surface area contributed by atoms with E-state index in [9.17, 15) is 4.79 Å². The predicted octanol–water partition coefficient (Wildman–Crippen LogP) is 2.64. The highest BCUT2D eigenvalue weighted by Gasteiger charge is 2.07. The van der Waals surface area contributed by atoms with Gasteiger partial charge in [0.25, 0.3) is 5.95 Å². The van der Waals surface area contributed by atoms with Gasteiger partial charge in [-0.15, -0.1) is 0 Å². The molecule has 4 nitrogen and oxygen atoms in total. The third-order valence-electron chi connectivity index (χ3n) is 1.74. The summed E-state index contributed by atoms with van der Waals surface area (Å²) in [7, 11) is 11.5. The molecule has 0 aliphatic heterocycles. The molecule has 1 heterocycles. The molecule has 1 N–H and O–H groups in total. The van der Waals surface area contributed by atoms with Gasteiger partial charge >= 0.3 is 13.4 Å². The maximum absolute atomic E-state index is 11.5. The molecular weight excluding hydrogens is 280 g/mol. The lowest BCUT2D eigenvalue weighted by molar-refractivity contribution is 0.0916. The Labute approximate surface area is 115 Å². The summed E-state index contributed by atoms with van der Waals surface area (Å²) < 4.78 is 6.42. The van der Waals surface area contributed by atoms with Crippen molar-refractivity contribution in [2.24, 2.45) is 7.05 Å². The van der Waals surface area contributed by atoms with E-state index >= 15 is 0 Å². The molecule has 1 aromatic heterocycles. The summed E-state index contributed by atoms with van der Waals surface area (Å²) in [4.78, 5) is 11.5. The van der Waals surface area contributed by atoms with Crippen molar-refractivity contribution in [2.75, 3.05) is 6.61 Å². The fourth-order valence-corrected chi connectivity index (χ4v) is 1.09. The SMILES string of the molecule is CCO/C(O)=C/C(=O)c1cccn1C.[Cl][Al][Cl]. The standard InChI is InChI=1S/C10H13NO3.Al.2ClH/c1-3-14-10(13)7-9(12)8-5-4-6-11(8)2;;;/h4-7,13H,3H2,1-2H3;;2*1H/q;+2;;/p-2/b10-7+;;;. The minimum atomic E-state index is -0.348. The molecule has 0 unspecified atom stereocenters. The van der Waals surface area contributed by atoms with Crippen molar-refractivity contribution in [3.05, 3.63) is 36.0 Å². The Morgan fingerprint density at radius 1 is 1.65 bits per heavy atom. The quantitative estimate of drug-likeness (QED) is 0.402. The highest BCUT2D eigenvalue weighted by atomic mass is 35.7. The van der Waals surface area contributed by atoms with E-state index in [1.807, 2.05) is 0 Å². The number of carbonyl (C=O) groups is 1. The Hall–Kier alpha value is -0.598. The van der Waals surface area contributed by atoms with Gasteiger partial charge in [0, 0.05) is 13.2 Å². The summed E-state index contributed by atoms with van der Waals surface area (Å²) in [6, 6.07) is 3.44. The van der Waals surface area contributed by atoms with E-state index in [0.29, 0.717) is 12.3 Å². The number of halogens is 2. The van der Waals surface area contributed by atoms with Crippen LogP contribution in [-0.2, 0) is 11.8 Å². The molecule has 93 valence electrons. The number of hydrogen-bond donors (Lipinski definition) is 1. The summed E-state index contributed by atoms with van der Waals surface area (Å²) >= 11 is -0.306. The zero-order valence-electron chi connectivity index (χ0n) is 9.56. The molecule has 0 aromatic carbocycles. The molecule has 1 rings (SSSR count). The minimum absolute atomic E-state index is 0.275. The minimum Gasteiger partial charge on any atom is -0.481 e. The Morgan fingerprint density at radius 3 is 2.65 bits per heavy atom. The number of aliphatic hydroxyl groups excluding tert-OH is 1. The molecule has 0 fully saturated rings. The molecule has 0 saturated heterocycles. The van der Waals surface area contributed by atoms with Crippen LogP contribution >= 0.6 is 20.1 Å². The summed E-state index contributed by atoms with van der Waals surface area (Å²) in [6.45, 7) is 2.07. The van der Waals surface area contributed by atoms with Crippen molar-refractivity contribution in [2.45, 2.75) is 6.92 Å². The Kier molecular flexibility index (Phi) is 9.10. The molecule has 0 aliphatic carbocycles. The van der Waals surface area contributed by atoms with Gasteiger partial charge in [-0.3, -0.25) is 4.79 Å². The average Bonchev–Trinajstić information content (AvgIpc) is 2.65. The first-order chi connectivity index (χ1) is 8.06. The van der Waals surface area contributed by atoms with E-state index in [0.717, 1.165) is 6.08 Å². The lowest BCUT2D eigenvalue weighted by Gasteiger charge is -2.01. The molecule has 17 heavy (non-hydrogen) atoms. The first-order valence-corrected chi connectivity index (χ1v) is 8.27. The van der Waals surface area contributed by atoms with Crippen LogP contribution < -0.4 is 0 Å². The third kappa shape index (κ3) is 6.65. The number of allylic oxidation sites excluding steroid dienone is 1. The van der Waals surface area contributed by atoms with Gasteiger partial charge < -0.3 is 14.4 Å². The number of hydrogen-bond acceptors (Lipinski definition) is 3. The third-order valence-corrected chi connectivity index (χ3v) is 1.74. The number of ketones is 1. The second kappa shape index (κ2) is 9.43. The number of aromatic nitrogens is 1. The summed E-state index contributed by atoms with van der Waals surface area (Å²) in [5.41, 5.74) is 0.510. The molecule has 1 radical (unpaired) electrons. The van der Waals surface area contributed by atoms with Crippen LogP contribution in [0.5, 0.6) is 0 Å². The number of aryl methyl sites for hydroxylation is 1. The van der Waals surface area contributed by atoms with E-state index in [-0.39, 0.29) is 25.1 Å². The van der Waals surface area contributed by atoms with Gasteiger partial charge in [0.15, 0.2) is 0 Å². The molecular formula is C10H13AlCl2NO3. The van der Waals surface area contributed by atoms with Gasteiger partial charge in [-0.25, -0.2) is 20.1 Å². The summed E-state index contributed by atoms with van der Waals surface area (Å²) in [6.07, 6.45) is 2.83. The molecule has 0 aliphatic rings. The monoisotopic (exact) mass is 292 g/mol. The van der Waals surface area contributed by atoms with Crippen LogP contribution in [0.3, 0.4) is 0 Å². The van der Waals surface area contributed by atoms with Gasteiger partial charge in [0.2, 0.25) is 5.78 Å². The topological polar surface area (TPSA) is 51.5 Å². The Bertz CT molecular complexity index is 379. The van der Waals surface area contributed by atoms with E-state index < -0.39 is 0 Å². The highest BCUT2D eigenvalue weighted by molar-refractivity contribution is 7.22. The molecule has 0 atom stereocenters. The molecule has 7 heteroatoms. The molecule has 0 amide bonds. The summed E-state index contributed by atoms with van der Waals surface area (Å²) in [5, 5.41) is 9.12. The van der Waals surface area contributed by atoms with Gasteiger partial charge in [-0.05, 0) is 19.1 Å². The largest absolute Gasteiger partial charge is 0.495 e. The van der Waals surface area contributed by atoms with E-state index in [4.69, 9.17) is 29.9 Å². The van der Waals surface area contributed by atoms with Crippen molar-refractivity contribution in [1.29, 1.82) is 0 Å². The van der Waals surface area contributed by atoms with Crippen LogP contribution in [0.15, 0.2) is 30.4 Å². The van der Waals surface area contributed by atoms with Crippen LogP contribution in [0.4, 0.5) is 0 Å². The first-order valence-electron chi connectivity index (χ1n) is 4.78. The number of aliphatic hydroxyl groups is 1. The average molecular weight is 293 g/mol. The van der Waals surface area contributed by atoms with Crippen LogP contribution in [0.1, 0.15) is 17.4 Å². The Morgan fingerprint density at radius 2 is 2.24 bits per heavy atom. The summed E-state index contributed by atoms with van der Waals surface area (Å²) in [5.74, 6) is -0.623. The zero-order valence-corrected chi connectivity index (χ0v) is 12.2. The molecule has 1 aromatic rings. The molecule has 0 saturated carbocycles. The van der Waals surface area contributed by atoms with Gasteiger partial charge in [0.1, 0.15) is 0 Å². The van der Waals surface area contributed by atoms with Crippen LogP contribution in [-0.4, -0.2) is 35.4 Å². The second-order valence-electron chi connectivity index (χ2n) is 2.87. The van der Waals surface area contributed by atoms with Crippen molar-refractivity contribution in [3.8, 4) is 0 Å². The van der Waals surface area contributed by atoms with Crippen molar-refractivity contribution in [3.63, 3.8) is 0 Å². The zero-order chi connectivity index (χ0) is 13.3. The van der Waals surface area contributed by atoms with E-state index in [1.165, 1.54) is 0 Å². The van der Waals surface area contributed by atoms with Crippen molar-refractivity contribution in [1.82, 2.24) is 4.57 Å².